The first-order valence-electron chi connectivity index (χ1n) is 7.36. The number of hydrogen-bond donors (Lipinski definition) is 2. The Morgan fingerprint density at radius 3 is 2.19 bits per heavy atom. The molecule has 2 N–H and O–H groups in total. The summed E-state index contributed by atoms with van der Waals surface area (Å²) in [5.74, 6) is 0. The smallest absolute Gasteiger partial charge is 0.279 e. The van der Waals surface area contributed by atoms with E-state index >= 15 is 0 Å². The molecule has 0 aliphatic carbocycles. The summed E-state index contributed by atoms with van der Waals surface area (Å²) < 4.78 is 28.4. The molecular weight excluding hydrogens is 335 g/mol. The van der Waals surface area contributed by atoms with Gasteiger partial charge in [-0.15, -0.1) is 24.8 Å². The van der Waals surface area contributed by atoms with Crippen LogP contribution in [-0.2, 0) is 10.2 Å². The maximum atomic E-state index is 12.0. The molecule has 0 aromatic carbocycles. The number of halogens is 2. The minimum Gasteiger partial charge on any atom is -0.314 e. The lowest BCUT2D eigenvalue weighted by Crippen LogP contribution is -2.46. The molecule has 2 fully saturated rings. The van der Waals surface area contributed by atoms with Gasteiger partial charge in [0.2, 0.25) is 0 Å². The van der Waals surface area contributed by atoms with Crippen molar-refractivity contribution < 1.29 is 8.42 Å². The van der Waals surface area contributed by atoms with E-state index in [2.05, 4.69) is 14.9 Å². The Morgan fingerprint density at radius 2 is 1.57 bits per heavy atom. The molecule has 0 aromatic rings. The van der Waals surface area contributed by atoms with Crippen molar-refractivity contribution in [2.45, 2.75) is 25.7 Å². The molecule has 128 valence electrons. The zero-order valence-electron chi connectivity index (χ0n) is 12.4. The summed E-state index contributed by atoms with van der Waals surface area (Å²) >= 11 is 0. The zero-order chi connectivity index (χ0) is 13.6. The lowest BCUT2D eigenvalue weighted by molar-refractivity contribution is 0.238. The van der Waals surface area contributed by atoms with Crippen LogP contribution in [0.4, 0.5) is 0 Å². The summed E-state index contributed by atoms with van der Waals surface area (Å²) in [7, 11) is -3.23. The largest absolute Gasteiger partial charge is 0.314 e. The van der Waals surface area contributed by atoms with E-state index in [0.29, 0.717) is 19.6 Å². The van der Waals surface area contributed by atoms with Gasteiger partial charge in [-0.1, -0.05) is 6.42 Å². The maximum Gasteiger partial charge on any atom is 0.279 e. The molecule has 0 unspecified atom stereocenters. The van der Waals surface area contributed by atoms with Crippen molar-refractivity contribution in [3.05, 3.63) is 0 Å². The molecule has 0 radical (unpaired) electrons. The number of nitrogens with zero attached hydrogens (tertiary/aromatic N) is 2. The SMILES string of the molecule is Cl.Cl.O=S(=O)(NCCCN1CCNCC1)N1CCCCC1. The van der Waals surface area contributed by atoms with Gasteiger partial charge in [0, 0.05) is 45.8 Å². The average molecular weight is 363 g/mol. The Kier molecular flexibility index (Phi) is 11.2. The predicted molar refractivity (Wildman–Crippen MR) is 90.8 cm³/mol. The van der Waals surface area contributed by atoms with Crippen molar-refractivity contribution in [2.75, 3.05) is 52.4 Å². The average Bonchev–Trinajstić information content (AvgIpc) is 2.46. The van der Waals surface area contributed by atoms with Crippen LogP contribution in [0.3, 0.4) is 0 Å². The normalized spacial score (nSPS) is 21.3. The van der Waals surface area contributed by atoms with Crippen LogP contribution in [0.2, 0.25) is 0 Å². The monoisotopic (exact) mass is 362 g/mol. The van der Waals surface area contributed by atoms with Gasteiger partial charge in [-0.3, -0.25) is 0 Å². The van der Waals surface area contributed by atoms with Crippen molar-refractivity contribution in [3.63, 3.8) is 0 Å². The third-order valence-corrected chi connectivity index (χ3v) is 5.41. The molecule has 2 saturated heterocycles. The fourth-order valence-electron chi connectivity index (χ4n) is 2.64. The van der Waals surface area contributed by atoms with Crippen LogP contribution in [0.1, 0.15) is 25.7 Å². The van der Waals surface area contributed by atoms with Gasteiger partial charge in [0.1, 0.15) is 0 Å². The highest BCUT2D eigenvalue weighted by Crippen LogP contribution is 2.11. The van der Waals surface area contributed by atoms with Crippen molar-refractivity contribution in [1.29, 1.82) is 0 Å². The van der Waals surface area contributed by atoms with Crippen molar-refractivity contribution in [2.24, 2.45) is 0 Å². The Hall–Kier alpha value is 0.370. The highest BCUT2D eigenvalue weighted by atomic mass is 35.5. The molecule has 0 saturated carbocycles. The second-order valence-electron chi connectivity index (χ2n) is 5.30. The minimum atomic E-state index is -3.23. The van der Waals surface area contributed by atoms with Crippen molar-refractivity contribution >= 4 is 35.0 Å². The maximum absolute atomic E-state index is 12.0. The standard InChI is InChI=1S/C12H26N4O2S.2ClH/c17-19(18,16-9-2-1-3-10-16)14-5-4-8-15-11-6-13-7-12-15;;/h13-14H,1-12H2;2*1H. The van der Waals surface area contributed by atoms with Gasteiger partial charge in [-0.25, -0.2) is 4.72 Å². The minimum absolute atomic E-state index is 0. The highest BCUT2D eigenvalue weighted by molar-refractivity contribution is 7.87. The molecule has 21 heavy (non-hydrogen) atoms. The molecule has 2 aliphatic heterocycles. The third kappa shape index (κ3) is 7.45. The van der Waals surface area contributed by atoms with Gasteiger partial charge in [0.05, 0.1) is 0 Å². The molecule has 2 heterocycles. The number of piperidine rings is 1. The second kappa shape index (κ2) is 11.0. The van der Waals surface area contributed by atoms with Crippen LogP contribution in [0, 0.1) is 0 Å². The van der Waals surface area contributed by atoms with E-state index < -0.39 is 10.2 Å². The zero-order valence-corrected chi connectivity index (χ0v) is 14.9. The molecule has 0 aromatic heterocycles. The number of piperazine rings is 1. The lowest BCUT2D eigenvalue weighted by Gasteiger charge is -2.28. The van der Waals surface area contributed by atoms with E-state index in [-0.39, 0.29) is 24.8 Å². The van der Waals surface area contributed by atoms with E-state index in [1.165, 1.54) is 0 Å². The van der Waals surface area contributed by atoms with Crippen LogP contribution in [0.15, 0.2) is 0 Å². The highest BCUT2D eigenvalue weighted by Gasteiger charge is 2.22. The molecule has 0 amide bonds. The fourth-order valence-corrected chi connectivity index (χ4v) is 3.96. The van der Waals surface area contributed by atoms with Gasteiger partial charge in [-0.2, -0.15) is 12.7 Å². The van der Waals surface area contributed by atoms with E-state index in [4.69, 9.17) is 0 Å². The molecule has 0 bridgehead atoms. The molecule has 2 rings (SSSR count). The molecule has 2 aliphatic rings. The fraction of sp³-hybridized carbons (Fsp3) is 1.00. The van der Waals surface area contributed by atoms with Crippen molar-refractivity contribution in [1.82, 2.24) is 19.2 Å². The topological polar surface area (TPSA) is 64.7 Å². The Morgan fingerprint density at radius 1 is 0.952 bits per heavy atom. The summed E-state index contributed by atoms with van der Waals surface area (Å²) in [6.45, 7) is 7.09. The van der Waals surface area contributed by atoms with Crippen LogP contribution < -0.4 is 10.0 Å². The van der Waals surface area contributed by atoms with E-state index in [1.807, 2.05) is 0 Å². The van der Waals surface area contributed by atoms with Crippen LogP contribution in [0.5, 0.6) is 0 Å². The predicted octanol–water partition coefficient (Wildman–Crippen LogP) is 0.446. The molecule has 0 atom stereocenters. The molecule has 6 nitrogen and oxygen atoms in total. The molecule has 0 spiro atoms. The number of hydrogen-bond acceptors (Lipinski definition) is 4. The lowest BCUT2D eigenvalue weighted by atomic mass is 10.2. The first-order valence-corrected chi connectivity index (χ1v) is 8.80. The van der Waals surface area contributed by atoms with Crippen LogP contribution in [0.25, 0.3) is 0 Å². The Labute approximate surface area is 141 Å². The van der Waals surface area contributed by atoms with E-state index in [0.717, 1.165) is 58.4 Å². The number of nitrogens with one attached hydrogen (secondary N) is 2. The Bertz CT molecular complexity index is 358. The van der Waals surface area contributed by atoms with Crippen molar-refractivity contribution in [3.8, 4) is 0 Å². The van der Waals surface area contributed by atoms with Gasteiger partial charge < -0.3 is 10.2 Å². The summed E-state index contributed by atoms with van der Waals surface area (Å²) in [6, 6.07) is 0. The summed E-state index contributed by atoms with van der Waals surface area (Å²) in [4.78, 5) is 2.38. The first kappa shape index (κ1) is 21.4. The van der Waals surface area contributed by atoms with Gasteiger partial charge in [0.15, 0.2) is 0 Å². The molecule has 9 heteroatoms. The van der Waals surface area contributed by atoms with Gasteiger partial charge in [-0.05, 0) is 25.8 Å². The molecular formula is C12H28Cl2N4O2S. The summed E-state index contributed by atoms with van der Waals surface area (Å²) in [5, 5.41) is 3.31. The quantitative estimate of drug-likeness (QED) is 0.673. The van der Waals surface area contributed by atoms with Gasteiger partial charge in [0.25, 0.3) is 10.2 Å². The summed E-state index contributed by atoms with van der Waals surface area (Å²) in [5.41, 5.74) is 0. The van der Waals surface area contributed by atoms with Gasteiger partial charge >= 0.3 is 0 Å². The van der Waals surface area contributed by atoms with E-state index in [1.54, 1.807) is 4.31 Å². The first-order chi connectivity index (χ1) is 9.18. The second-order valence-corrected chi connectivity index (χ2v) is 7.06. The van der Waals surface area contributed by atoms with E-state index in [9.17, 15) is 8.42 Å². The van der Waals surface area contributed by atoms with Crippen LogP contribution in [-0.4, -0.2) is 70.0 Å². The summed E-state index contributed by atoms with van der Waals surface area (Å²) in [6.07, 6.45) is 4.01. The van der Waals surface area contributed by atoms with Crippen LogP contribution >= 0.6 is 24.8 Å². The third-order valence-electron chi connectivity index (χ3n) is 3.80. The Balaban J connectivity index is 0.00000200. The number of rotatable bonds is 6.